The number of amides is 2. The molecule has 0 aromatic heterocycles. The van der Waals surface area contributed by atoms with Crippen LogP contribution in [0.4, 0.5) is 0 Å². The van der Waals surface area contributed by atoms with E-state index in [9.17, 15) is 33.9 Å². The molecule has 0 aliphatic rings. The van der Waals surface area contributed by atoms with Crippen LogP contribution in [0.2, 0.25) is 0 Å². The third-order valence-corrected chi connectivity index (χ3v) is 8.09. The minimum Gasteiger partial charge on any atom is -0.480 e. The molecule has 7 N–H and O–H groups in total. The Labute approximate surface area is 253 Å². The zero-order chi connectivity index (χ0) is 31.9. The SMILES string of the molecule is CCCCCCCCCCCCCC(=O)N[C@H](CCC(=O)C[C@H](CSC[C@H](N)C(=O)O)C(=O)N[C@H](C)C(=O)O)C(=O)O. The molecule has 12 nitrogen and oxygen atoms in total. The van der Waals surface area contributed by atoms with Crippen LogP contribution >= 0.6 is 11.8 Å². The van der Waals surface area contributed by atoms with E-state index in [-0.39, 0.29) is 37.2 Å². The fourth-order valence-corrected chi connectivity index (χ4v) is 5.27. The van der Waals surface area contributed by atoms with E-state index in [1.165, 1.54) is 51.9 Å². The van der Waals surface area contributed by atoms with E-state index in [0.717, 1.165) is 31.0 Å². The predicted molar refractivity (Wildman–Crippen MR) is 161 cm³/mol. The number of nitrogens with one attached hydrogen (secondary N) is 2. The van der Waals surface area contributed by atoms with E-state index in [1.807, 2.05) is 0 Å². The molecule has 0 aromatic rings. The van der Waals surface area contributed by atoms with Crippen LogP contribution in [0.3, 0.4) is 0 Å². The highest BCUT2D eigenvalue weighted by Crippen LogP contribution is 2.17. The van der Waals surface area contributed by atoms with Crippen LogP contribution in [0.15, 0.2) is 0 Å². The summed E-state index contributed by atoms with van der Waals surface area (Å²) in [5.74, 6) is -6.24. The summed E-state index contributed by atoms with van der Waals surface area (Å²) < 4.78 is 0. The highest BCUT2D eigenvalue weighted by Gasteiger charge is 2.27. The Morgan fingerprint density at radius 2 is 1.26 bits per heavy atom. The molecule has 0 rings (SSSR count). The second kappa shape index (κ2) is 23.8. The Kier molecular flexibility index (Phi) is 22.3. The molecule has 0 bridgehead atoms. The Bertz CT molecular complexity index is 856. The van der Waals surface area contributed by atoms with Gasteiger partial charge in [-0.15, -0.1) is 0 Å². The van der Waals surface area contributed by atoms with Crippen LogP contribution in [0.5, 0.6) is 0 Å². The van der Waals surface area contributed by atoms with Crippen molar-refractivity contribution in [2.45, 2.75) is 128 Å². The van der Waals surface area contributed by atoms with Crippen LogP contribution in [-0.2, 0) is 28.8 Å². The number of unbranched alkanes of at least 4 members (excludes halogenated alkanes) is 10. The normalized spacial score (nSPS) is 13.9. The molecule has 4 atom stereocenters. The van der Waals surface area contributed by atoms with Gasteiger partial charge in [0.1, 0.15) is 23.9 Å². The van der Waals surface area contributed by atoms with Gasteiger partial charge in [-0.05, 0) is 19.8 Å². The van der Waals surface area contributed by atoms with E-state index >= 15 is 0 Å². The molecule has 0 aromatic carbocycles. The molecular weight excluding hydrogens is 566 g/mol. The second-order valence-corrected chi connectivity index (χ2v) is 11.8. The van der Waals surface area contributed by atoms with Crippen LogP contribution in [0.25, 0.3) is 0 Å². The number of hydrogen-bond acceptors (Lipinski definition) is 8. The molecule has 0 fully saturated rings. The lowest BCUT2D eigenvalue weighted by Gasteiger charge is -2.19. The van der Waals surface area contributed by atoms with E-state index in [4.69, 9.17) is 15.9 Å². The van der Waals surface area contributed by atoms with Crippen LogP contribution < -0.4 is 16.4 Å². The maximum absolute atomic E-state index is 12.7. The van der Waals surface area contributed by atoms with Gasteiger partial charge >= 0.3 is 17.9 Å². The number of Topliss-reactive ketones (excluding diaryl/α,β-unsaturated/α-hetero) is 1. The quantitative estimate of drug-likeness (QED) is 0.0735. The van der Waals surface area contributed by atoms with Gasteiger partial charge in [0.15, 0.2) is 0 Å². The van der Waals surface area contributed by atoms with Crippen LogP contribution in [0, 0.1) is 5.92 Å². The zero-order valence-corrected chi connectivity index (χ0v) is 25.9. The van der Waals surface area contributed by atoms with Crippen molar-refractivity contribution in [2.24, 2.45) is 11.7 Å². The van der Waals surface area contributed by atoms with Gasteiger partial charge in [0.05, 0.1) is 5.92 Å². The number of carbonyl (C=O) groups is 6. The summed E-state index contributed by atoms with van der Waals surface area (Å²) in [4.78, 5) is 71.3. The lowest BCUT2D eigenvalue weighted by Crippen LogP contribution is -2.43. The molecule has 0 heterocycles. The minimum atomic E-state index is -1.27. The number of rotatable bonds is 27. The van der Waals surface area contributed by atoms with Gasteiger partial charge in [0.25, 0.3) is 0 Å². The van der Waals surface area contributed by atoms with E-state index in [1.54, 1.807) is 0 Å². The highest BCUT2D eigenvalue weighted by atomic mass is 32.2. The maximum atomic E-state index is 12.7. The summed E-state index contributed by atoms with van der Waals surface area (Å²) in [6, 6.07) is -3.62. The van der Waals surface area contributed by atoms with Crippen molar-refractivity contribution in [2.75, 3.05) is 11.5 Å². The largest absolute Gasteiger partial charge is 0.480 e. The lowest BCUT2D eigenvalue weighted by atomic mass is 9.98. The first-order valence-electron chi connectivity index (χ1n) is 15.0. The van der Waals surface area contributed by atoms with Crippen LogP contribution in [-0.4, -0.2) is 80.5 Å². The summed E-state index contributed by atoms with van der Waals surface area (Å²) >= 11 is 1.04. The summed E-state index contributed by atoms with van der Waals surface area (Å²) in [5, 5.41) is 32.3. The summed E-state index contributed by atoms with van der Waals surface area (Å²) in [6.07, 6.45) is 12.0. The van der Waals surface area contributed by atoms with Gasteiger partial charge in [-0.25, -0.2) is 4.79 Å². The van der Waals surface area contributed by atoms with Gasteiger partial charge in [0.2, 0.25) is 11.8 Å². The van der Waals surface area contributed by atoms with Gasteiger partial charge in [-0.3, -0.25) is 24.0 Å². The predicted octanol–water partition coefficient (Wildman–Crippen LogP) is 3.35. The van der Waals surface area contributed by atoms with Crippen molar-refractivity contribution < 1.29 is 44.1 Å². The van der Waals surface area contributed by atoms with Gasteiger partial charge in [-0.1, -0.05) is 71.1 Å². The Morgan fingerprint density at radius 3 is 1.76 bits per heavy atom. The van der Waals surface area contributed by atoms with E-state index in [0.29, 0.717) is 6.42 Å². The van der Waals surface area contributed by atoms with Gasteiger partial charge < -0.3 is 31.7 Å². The Hall–Kier alpha value is -2.67. The van der Waals surface area contributed by atoms with Crippen molar-refractivity contribution in [3.8, 4) is 0 Å². The smallest absolute Gasteiger partial charge is 0.326 e. The third kappa shape index (κ3) is 20.2. The van der Waals surface area contributed by atoms with Crippen molar-refractivity contribution in [1.29, 1.82) is 0 Å². The van der Waals surface area contributed by atoms with Crippen LogP contribution in [0.1, 0.15) is 110 Å². The number of ketones is 1. The van der Waals surface area contributed by atoms with Crippen molar-refractivity contribution in [1.82, 2.24) is 10.6 Å². The molecular formula is C29H51N3O9S. The Morgan fingerprint density at radius 1 is 0.714 bits per heavy atom. The van der Waals surface area contributed by atoms with Gasteiger partial charge in [0, 0.05) is 30.8 Å². The molecule has 0 saturated carbocycles. The first kappa shape index (κ1) is 39.3. The Balaban J connectivity index is 4.61. The first-order valence-corrected chi connectivity index (χ1v) is 16.2. The van der Waals surface area contributed by atoms with E-state index in [2.05, 4.69) is 17.6 Å². The molecule has 2 amide bonds. The van der Waals surface area contributed by atoms with Crippen molar-refractivity contribution >= 4 is 47.3 Å². The van der Waals surface area contributed by atoms with E-state index < -0.39 is 59.5 Å². The minimum absolute atomic E-state index is 0.0168. The number of carbonyl (C=O) groups excluding carboxylic acids is 3. The molecule has 0 unspecified atom stereocenters. The molecule has 0 aliphatic carbocycles. The monoisotopic (exact) mass is 617 g/mol. The fourth-order valence-electron chi connectivity index (χ4n) is 4.18. The number of carboxylic acid groups (broad SMARTS) is 3. The molecule has 0 spiro atoms. The summed E-state index contributed by atoms with van der Waals surface area (Å²) in [7, 11) is 0. The molecule has 0 radical (unpaired) electrons. The molecule has 13 heteroatoms. The number of thioether (sulfide) groups is 1. The number of hydrogen-bond donors (Lipinski definition) is 6. The molecule has 0 saturated heterocycles. The number of carboxylic acids is 3. The number of aliphatic carboxylic acids is 3. The molecule has 42 heavy (non-hydrogen) atoms. The summed E-state index contributed by atoms with van der Waals surface area (Å²) in [6.45, 7) is 3.47. The number of nitrogens with two attached hydrogens (primary N) is 1. The zero-order valence-electron chi connectivity index (χ0n) is 25.1. The highest BCUT2D eigenvalue weighted by molar-refractivity contribution is 7.99. The standard InChI is InChI=1S/C29H51N3O9S/c1-3-4-5-6-7-8-9-10-11-12-13-14-25(34)32-24(29(40)41)16-15-22(33)17-21(18-42-19-23(30)28(38)39)26(35)31-20(2)27(36)37/h20-21,23-24H,3-19,30H2,1-2H3,(H,31,35)(H,32,34)(H,36,37)(H,38,39)(H,40,41)/t20-,21-,23+,24-/m1/s1. The maximum Gasteiger partial charge on any atom is 0.326 e. The summed E-state index contributed by atoms with van der Waals surface area (Å²) in [5.41, 5.74) is 5.47. The topological polar surface area (TPSA) is 213 Å². The first-order chi connectivity index (χ1) is 19.9. The fraction of sp³-hybridized carbons (Fsp3) is 0.793. The second-order valence-electron chi connectivity index (χ2n) is 10.8. The third-order valence-electron chi connectivity index (χ3n) is 6.86. The van der Waals surface area contributed by atoms with Gasteiger partial charge in [-0.2, -0.15) is 11.8 Å². The average Bonchev–Trinajstić information content (AvgIpc) is 2.92. The average molecular weight is 618 g/mol. The lowest BCUT2D eigenvalue weighted by molar-refractivity contribution is -0.142. The molecule has 0 aliphatic heterocycles. The van der Waals surface area contributed by atoms with Crippen molar-refractivity contribution in [3.63, 3.8) is 0 Å². The van der Waals surface area contributed by atoms with Crippen molar-refractivity contribution in [3.05, 3.63) is 0 Å². The molecule has 242 valence electrons.